The second kappa shape index (κ2) is 13.5. The van der Waals surface area contributed by atoms with Crippen molar-refractivity contribution in [3.63, 3.8) is 0 Å². The molecule has 5 heteroatoms. The lowest BCUT2D eigenvalue weighted by molar-refractivity contribution is 0.0696. The van der Waals surface area contributed by atoms with E-state index in [1.54, 1.807) is 0 Å². The van der Waals surface area contributed by atoms with Gasteiger partial charge >= 0.3 is 5.97 Å². The van der Waals surface area contributed by atoms with Crippen LogP contribution in [0.4, 0.5) is 0 Å². The molecule has 0 saturated carbocycles. The zero-order chi connectivity index (χ0) is 18.4. The highest BCUT2D eigenvalue weighted by Gasteiger charge is 2.11. The van der Waals surface area contributed by atoms with Gasteiger partial charge in [-0.3, -0.25) is 0 Å². The lowest BCUT2D eigenvalue weighted by atomic mass is 10.1. The molecule has 0 heterocycles. The van der Waals surface area contributed by atoms with Crippen molar-refractivity contribution in [2.45, 2.75) is 78.1 Å². The molecule has 0 atom stereocenters. The van der Waals surface area contributed by atoms with Gasteiger partial charge in [0, 0.05) is 0 Å². The van der Waals surface area contributed by atoms with Gasteiger partial charge in [-0.05, 0) is 12.1 Å². The summed E-state index contributed by atoms with van der Waals surface area (Å²) in [4.78, 5) is 10.3. The summed E-state index contributed by atoms with van der Waals surface area (Å²) in [7, 11) is 0. The van der Waals surface area contributed by atoms with Crippen molar-refractivity contribution in [3.05, 3.63) is 17.7 Å². The lowest BCUT2D eigenvalue weighted by Crippen LogP contribution is -1.95. The molecule has 0 aliphatic heterocycles. The van der Waals surface area contributed by atoms with Gasteiger partial charge in [0.05, 0.1) is 5.56 Å². The van der Waals surface area contributed by atoms with Gasteiger partial charge in [-0.1, -0.05) is 78.1 Å². The van der Waals surface area contributed by atoms with Gasteiger partial charge in [-0.15, -0.1) is 0 Å². The first-order valence-electron chi connectivity index (χ1n) is 8.92. The molecule has 0 radical (unpaired) electrons. The first-order valence-corrected chi connectivity index (χ1v) is 8.92. The molecule has 1 aromatic carbocycles. The summed E-state index contributed by atoms with van der Waals surface area (Å²) in [5.41, 5.74) is -0.289. The van der Waals surface area contributed by atoms with Crippen LogP contribution in [0.1, 0.15) is 88.4 Å². The predicted octanol–water partition coefficient (Wildman–Crippen LogP) is 5.43. The maximum absolute atomic E-state index is 10.3. The quantitative estimate of drug-likeness (QED) is 0.336. The molecule has 0 aliphatic carbocycles. The number of phenolic OH excluding ortho intramolecular Hbond substituents is 3. The van der Waals surface area contributed by atoms with E-state index in [1.165, 1.54) is 64.2 Å². The summed E-state index contributed by atoms with van der Waals surface area (Å²) in [6.07, 6.45) is 14.4. The molecule has 0 aromatic heterocycles. The van der Waals surface area contributed by atoms with Crippen molar-refractivity contribution >= 4 is 5.97 Å². The van der Waals surface area contributed by atoms with E-state index in [-0.39, 0.29) is 5.56 Å². The molecule has 0 aliphatic rings. The van der Waals surface area contributed by atoms with Gasteiger partial charge in [-0.2, -0.15) is 0 Å². The Hall–Kier alpha value is -1.91. The number of carboxylic acids is 1. The minimum Gasteiger partial charge on any atom is -0.504 e. The lowest BCUT2D eigenvalue weighted by Gasteiger charge is -2.01. The number of aromatic carboxylic acids is 1. The van der Waals surface area contributed by atoms with E-state index in [0.717, 1.165) is 12.1 Å². The van der Waals surface area contributed by atoms with Crippen LogP contribution in [0.15, 0.2) is 12.1 Å². The van der Waals surface area contributed by atoms with E-state index >= 15 is 0 Å². The molecule has 0 unspecified atom stereocenters. The number of phenols is 3. The summed E-state index contributed by atoms with van der Waals surface area (Å²) >= 11 is 0. The molecule has 5 nitrogen and oxygen atoms in total. The number of rotatable bonds is 10. The third kappa shape index (κ3) is 9.98. The van der Waals surface area contributed by atoms with Crippen LogP contribution in [-0.4, -0.2) is 26.4 Å². The number of hydrogen-bond acceptors (Lipinski definition) is 4. The standard InChI is InChI=1S/C12H26.C7H6O5/c1-3-5-7-9-11-12-10-8-6-4-2;8-4-1-3(7(11)12)2-5(9)6(4)10/h3-12H2,1-2H3;1-2,8-10H,(H,11,12). The van der Waals surface area contributed by atoms with Crippen molar-refractivity contribution in [1.82, 2.24) is 0 Å². The van der Waals surface area contributed by atoms with Crippen LogP contribution in [0, 0.1) is 0 Å². The Kier molecular flexibility index (Phi) is 12.4. The Balaban J connectivity index is 0.000000441. The fraction of sp³-hybridized carbons (Fsp3) is 0.632. The monoisotopic (exact) mass is 340 g/mol. The van der Waals surface area contributed by atoms with Crippen molar-refractivity contribution in [2.75, 3.05) is 0 Å². The van der Waals surface area contributed by atoms with Crippen LogP contribution < -0.4 is 0 Å². The summed E-state index contributed by atoms with van der Waals surface area (Å²) in [5.74, 6) is -3.33. The topological polar surface area (TPSA) is 98.0 Å². The van der Waals surface area contributed by atoms with Gasteiger partial charge in [0.1, 0.15) is 0 Å². The first-order chi connectivity index (χ1) is 11.4. The van der Waals surface area contributed by atoms with Crippen LogP contribution in [0.2, 0.25) is 0 Å². The van der Waals surface area contributed by atoms with Crippen LogP contribution in [0.5, 0.6) is 17.2 Å². The summed E-state index contributed by atoms with van der Waals surface area (Å²) < 4.78 is 0. The summed E-state index contributed by atoms with van der Waals surface area (Å²) in [5, 5.41) is 35.0. The smallest absolute Gasteiger partial charge is 0.335 e. The molecule has 0 bridgehead atoms. The zero-order valence-corrected chi connectivity index (χ0v) is 14.9. The molecule has 0 fully saturated rings. The Morgan fingerprint density at radius 1 is 0.750 bits per heavy atom. The highest BCUT2D eigenvalue weighted by molar-refractivity contribution is 5.89. The molecule has 0 saturated heterocycles. The highest BCUT2D eigenvalue weighted by atomic mass is 16.4. The Labute approximate surface area is 145 Å². The minimum absolute atomic E-state index is 0.289. The second-order valence-corrected chi connectivity index (χ2v) is 6.00. The number of hydrogen-bond donors (Lipinski definition) is 4. The van der Waals surface area contributed by atoms with E-state index in [2.05, 4.69) is 13.8 Å². The fourth-order valence-electron chi connectivity index (χ4n) is 2.29. The van der Waals surface area contributed by atoms with Crippen LogP contribution in [-0.2, 0) is 0 Å². The number of carboxylic acid groups (broad SMARTS) is 1. The average Bonchev–Trinajstić information content (AvgIpc) is 2.55. The van der Waals surface area contributed by atoms with E-state index < -0.39 is 23.2 Å². The van der Waals surface area contributed by atoms with Gasteiger partial charge in [0.15, 0.2) is 17.2 Å². The van der Waals surface area contributed by atoms with Crippen molar-refractivity contribution in [3.8, 4) is 17.2 Å². The number of benzene rings is 1. The summed E-state index contributed by atoms with van der Waals surface area (Å²) in [6.45, 7) is 4.56. The van der Waals surface area contributed by atoms with E-state index in [1.807, 2.05) is 0 Å². The second-order valence-electron chi connectivity index (χ2n) is 6.00. The Bertz CT molecular complexity index is 438. The van der Waals surface area contributed by atoms with E-state index in [0.29, 0.717) is 0 Å². The zero-order valence-electron chi connectivity index (χ0n) is 14.9. The molecule has 1 aromatic rings. The normalized spacial score (nSPS) is 10.1. The molecule has 0 spiro atoms. The molecule has 138 valence electrons. The predicted molar refractivity (Wildman–Crippen MR) is 95.9 cm³/mol. The average molecular weight is 340 g/mol. The maximum Gasteiger partial charge on any atom is 0.335 e. The Morgan fingerprint density at radius 3 is 1.38 bits per heavy atom. The molecule has 4 N–H and O–H groups in total. The van der Waals surface area contributed by atoms with Crippen molar-refractivity contribution in [1.29, 1.82) is 0 Å². The van der Waals surface area contributed by atoms with Crippen molar-refractivity contribution in [2.24, 2.45) is 0 Å². The van der Waals surface area contributed by atoms with Crippen LogP contribution >= 0.6 is 0 Å². The van der Waals surface area contributed by atoms with E-state index in [4.69, 9.17) is 20.4 Å². The number of unbranched alkanes of at least 4 members (excludes halogenated alkanes) is 9. The molecule has 0 amide bonds. The fourth-order valence-corrected chi connectivity index (χ4v) is 2.29. The Morgan fingerprint density at radius 2 is 1.08 bits per heavy atom. The maximum atomic E-state index is 10.3. The molecule has 24 heavy (non-hydrogen) atoms. The third-order valence-corrected chi connectivity index (χ3v) is 3.77. The van der Waals surface area contributed by atoms with Gasteiger partial charge in [-0.25, -0.2) is 4.79 Å². The minimum atomic E-state index is -1.29. The third-order valence-electron chi connectivity index (χ3n) is 3.77. The van der Waals surface area contributed by atoms with Crippen LogP contribution in [0.3, 0.4) is 0 Å². The SMILES string of the molecule is CCCCCCCCCCCC.O=C(O)c1cc(O)c(O)c(O)c1. The van der Waals surface area contributed by atoms with Gasteiger partial charge in [0.2, 0.25) is 0 Å². The van der Waals surface area contributed by atoms with Gasteiger partial charge < -0.3 is 20.4 Å². The molecular weight excluding hydrogens is 308 g/mol. The van der Waals surface area contributed by atoms with Gasteiger partial charge in [0.25, 0.3) is 0 Å². The highest BCUT2D eigenvalue weighted by Crippen LogP contribution is 2.35. The number of carbonyl (C=O) groups is 1. The molecular formula is C19H32O5. The molecule has 1 rings (SSSR count). The summed E-state index contributed by atoms with van der Waals surface area (Å²) in [6, 6.07) is 1.69. The van der Waals surface area contributed by atoms with E-state index in [9.17, 15) is 4.79 Å². The first kappa shape index (κ1) is 22.1. The van der Waals surface area contributed by atoms with Crippen LogP contribution in [0.25, 0.3) is 0 Å². The number of aromatic hydroxyl groups is 3. The largest absolute Gasteiger partial charge is 0.504 e. The van der Waals surface area contributed by atoms with Crippen molar-refractivity contribution < 1.29 is 25.2 Å².